The van der Waals surface area contributed by atoms with Gasteiger partial charge in [-0.25, -0.2) is 4.98 Å². The zero-order valence-electron chi connectivity index (χ0n) is 12.1. The molecule has 3 rings (SSSR count). The Bertz CT molecular complexity index is 909. The molecule has 120 valence electrons. The molecule has 6 nitrogen and oxygen atoms in total. The molecule has 0 fully saturated rings. The highest BCUT2D eigenvalue weighted by Gasteiger charge is 2.20. The highest BCUT2D eigenvalue weighted by atomic mass is 35.5. The molecule has 0 radical (unpaired) electrons. The van der Waals surface area contributed by atoms with Crippen LogP contribution < -0.4 is 5.32 Å². The molecular weight excluding hydrogens is 350 g/mol. The molecule has 0 aliphatic heterocycles. The molecule has 0 aliphatic carbocycles. The highest BCUT2D eigenvalue weighted by molar-refractivity contribution is 7.14. The lowest BCUT2D eigenvalue weighted by molar-refractivity contribution is -0.385. The van der Waals surface area contributed by atoms with Crippen molar-refractivity contribution in [1.29, 1.82) is 0 Å². The summed E-state index contributed by atoms with van der Waals surface area (Å²) >= 11 is 7.09. The fourth-order valence-electron chi connectivity index (χ4n) is 2.07. The topological polar surface area (TPSA) is 85.1 Å². The van der Waals surface area contributed by atoms with Crippen molar-refractivity contribution in [3.05, 3.63) is 74.6 Å². The summed E-state index contributed by atoms with van der Waals surface area (Å²) in [5.74, 6) is -0.570. The van der Waals surface area contributed by atoms with Gasteiger partial charge >= 0.3 is 0 Å². The van der Waals surface area contributed by atoms with Crippen LogP contribution in [0.3, 0.4) is 0 Å². The van der Waals surface area contributed by atoms with Gasteiger partial charge in [0.2, 0.25) is 0 Å². The van der Waals surface area contributed by atoms with Crippen LogP contribution in [-0.2, 0) is 0 Å². The summed E-state index contributed by atoms with van der Waals surface area (Å²) in [6.45, 7) is 0. The molecule has 1 amide bonds. The average Bonchev–Trinajstić information content (AvgIpc) is 3.04. The number of nitro groups is 1. The van der Waals surface area contributed by atoms with E-state index in [0.717, 1.165) is 5.56 Å². The van der Waals surface area contributed by atoms with Crippen LogP contribution >= 0.6 is 22.9 Å². The van der Waals surface area contributed by atoms with Gasteiger partial charge in [0.1, 0.15) is 5.56 Å². The summed E-state index contributed by atoms with van der Waals surface area (Å²) in [6.07, 6.45) is 0. The van der Waals surface area contributed by atoms with Crippen molar-refractivity contribution < 1.29 is 9.72 Å². The van der Waals surface area contributed by atoms with E-state index in [1.807, 2.05) is 12.1 Å². The molecule has 0 aliphatic rings. The highest BCUT2D eigenvalue weighted by Crippen LogP contribution is 2.27. The smallest absolute Gasteiger partial charge is 0.282 e. The third kappa shape index (κ3) is 3.42. The van der Waals surface area contributed by atoms with E-state index in [1.165, 1.54) is 29.5 Å². The van der Waals surface area contributed by atoms with E-state index in [2.05, 4.69) is 10.3 Å². The Morgan fingerprint density at radius 3 is 2.58 bits per heavy atom. The Hall–Kier alpha value is -2.77. The first-order valence-corrected chi connectivity index (χ1v) is 8.06. The number of halogens is 1. The lowest BCUT2D eigenvalue weighted by Crippen LogP contribution is -2.13. The Morgan fingerprint density at radius 1 is 1.17 bits per heavy atom. The summed E-state index contributed by atoms with van der Waals surface area (Å²) in [5.41, 5.74) is 1.30. The van der Waals surface area contributed by atoms with Crippen molar-refractivity contribution >= 4 is 39.7 Å². The Kier molecular flexibility index (Phi) is 4.54. The number of nitro benzene ring substituents is 1. The number of thiazole rings is 1. The van der Waals surface area contributed by atoms with E-state index >= 15 is 0 Å². The molecule has 0 bridgehead atoms. The molecule has 0 spiro atoms. The quantitative estimate of drug-likeness (QED) is 0.543. The number of nitrogens with zero attached hydrogens (tertiary/aromatic N) is 2. The van der Waals surface area contributed by atoms with Gasteiger partial charge in [0.15, 0.2) is 5.13 Å². The zero-order chi connectivity index (χ0) is 17.1. The standard InChI is InChI=1S/C16H10ClN3O3S/c17-11-7-5-10(6-8-11)13-9-24-16(18-13)19-15(21)12-3-1-2-4-14(12)20(22)23/h1-9H,(H,18,19,21). The van der Waals surface area contributed by atoms with Crippen LogP contribution in [0.4, 0.5) is 10.8 Å². The van der Waals surface area contributed by atoms with Crippen molar-refractivity contribution in [1.82, 2.24) is 4.98 Å². The zero-order valence-corrected chi connectivity index (χ0v) is 13.7. The number of para-hydroxylation sites is 1. The van der Waals surface area contributed by atoms with Crippen molar-refractivity contribution in [3.8, 4) is 11.3 Å². The molecule has 1 aromatic heterocycles. The van der Waals surface area contributed by atoms with Crippen LogP contribution in [0.25, 0.3) is 11.3 Å². The number of rotatable bonds is 4. The molecule has 0 unspecified atom stereocenters. The number of amides is 1. The van der Waals surface area contributed by atoms with Crippen LogP contribution in [0.15, 0.2) is 53.9 Å². The molecule has 24 heavy (non-hydrogen) atoms. The van der Waals surface area contributed by atoms with Gasteiger partial charge in [0.25, 0.3) is 11.6 Å². The molecule has 1 heterocycles. The first-order valence-electron chi connectivity index (χ1n) is 6.81. The SMILES string of the molecule is O=C(Nc1nc(-c2ccc(Cl)cc2)cs1)c1ccccc1[N+](=O)[O-]. The fourth-order valence-corrected chi connectivity index (χ4v) is 2.91. The van der Waals surface area contributed by atoms with E-state index in [0.29, 0.717) is 15.8 Å². The third-order valence-electron chi connectivity index (χ3n) is 3.21. The molecule has 1 N–H and O–H groups in total. The van der Waals surface area contributed by atoms with Crippen LogP contribution in [-0.4, -0.2) is 15.8 Å². The number of nitrogens with one attached hydrogen (secondary N) is 1. The van der Waals surface area contributed by atoms with E-state index in [9.17, 15) is 14.9 Å². The molecular formula is C16H10ClN3O3S. The summed E-state index contributed by atoms with van der Waals surface area (Å²) in [5, 5.41) is 16.4. The van der Waals surface area contributed by atoms with E-state index in [4.69, 9.17) is 11.6 Å². The minimum atomic E-state index is -0.587. The monoisotopic (exact) mass is 359 g/mol. The molecule has 0 atom stereocenters. The van der Waals surface area contributed by atoms with Gasteiger partial charge in [-0.1, -0.05) is 35.9 Å². The van der Waals surface area contributed by atoms with Crippen molar-refractivity contribution in [2.75, 3.05) is 5.32 Å². The molecule has 0 saturated heterocycles. The summed E-state index contributed by atoms with van der Waals surface area (Å²) in [6, 6.07) is 12.9. The maximum Gasteiger partial charge on any atom is 0.282 e. The Morgan fingerprint density at radius 2 is 1.88 bits per heavy atom. The predicted molar refractivity (Wildman–Crippen MR) is 93.6 cm³/mol. The van der Waals surface area contributed by atoms with Crippen LogP contribution in [0.5, 0.6) is 0 Å². The van der Waals surface area contributed by atoms with Gasteiger partial charge in [0.05, 0.1) is 10.6 Å². The van der Waals surface area contributed by atoms with Gasteiger partial charge < -0.3 is 0 Å². The summed E-state index contributed by atoms with van der Waals surface area (Å²) in [4.78, 5) is 27.0. The van der Waals surface area contributed by atoms with Crippen molar-refractivity contribution in [3.63, 3.8) is 0 Å². The lowest BCUT2D eigenvalue weighted by Gasteiger charge is -2.02. The number of hydrogen-bond acceptors (Lipinski definition) is 5. The number of hydrogen-bond donors (Lipinski definition) is 1. The van der Waals surface area contributed by atoms with Gasteiger partial charge in [-0.05, 0) is 18.2 Å². The normalized spacial score (nSPS) is 10.4. The second-order valence-corrected chi connectivity index (χ2v) is 6.07. The van der Waals surface area contributed by atoms with Crippen LogP contribution in [0.1, 0.15) is 10.4 Å². The number of carbonyl (C=O) groups excluding carboxylic acids is 1. The Labute approximate surface area is 145 Å². The van der Waals surface area contributed by atoms with Crippen molar-refractivity contribution in [2.45, 2.75) is 0 Å². The first-order chi connectivity index (χ1) is 11.5. The van der Waals surface area contributed by atoms with Gasteiger partial charge in [-0.15, -0.1) is 11.3 Å². The largest absolute Gasteiger partial charge is 0.298 e. The number of aromatic nitrogens is 1. The summed E-state index contributed by atoms with van der Waals surface area (Å²) in [7, 11) is 0. The molecule has 0 saturated carbocycles. The van der Waals surface area contributed by atoms with Crippen molar-refractivity contribution in [2.24, 2.45) is 0 Å². The van der Waals surface area contributed by atoms with Crippen LogP contribution in [0.2, 0.25) is 5.02 Å². The van der Waals surface area contributed by atoms with E-state index in [1.54, 1.807) is 23.6 Å². The van der Waals surface area contributed by atoms with Gasteiger partial charge in [-0.3, -0.25) is 20.2 Å². The van der Waals surface area contributed by atoms with E-state index < -0.39 is 10.8 Å². The predicted octanol–water partition coefficient (Wildman–Crippen LogP) is 4.62. The second-order valence-electron chi connectivity index (χ2n) is 4.77. The molecule has 3 aromatic rings. The van der Waals surface area contributed by atoms with Gasteiger partial charge in [0, 0.05) is 22.0 Å². The van der Waals surface area contributed by atoms with E-state index in [-0.39, 0.29) is 11.3 Å². The summed E-state index contributed by atoms with van der Waals surface area (Å²) < 4.78 is 0. The maximum absolute atomic E-state index is 12.3. The minimum absolute atomic E-state index is 0.00857. The minimum Gasteiger partial charge on any atom is -0.298 e. The molecule has 8 heteroatoms. The average molecular weight is 360 g/mol. The van der Waals surface area contributed by atoms with Gasteiger partial charge in [-0.2, -0.15) is 0 Å². The third-order valence-corrected chi connectivity index (χ3v) is 4.22. The fraction of sp³-hybridized carbons (Fsp3) is 0. The number of carbonyl (C=O) groups is 1. The second kappa shape index (κ2) is 6.77. The first kappa shape index (κ1) is 16.1. The molecule has 2 aromatic carbocycles. The lowest BCUT2D eigenvalue weighted by atomic mass is 10.1. The maximum atomic E-state index is 12.3. The number of anilines is 1. The van der Waals surface area contributed by atoms with Crippen LogP contribution in [0, 0.1) is 10.1 Å². The Balaban J connectivity index is 1.81. The number of benzene rings is 2.